The summed E-state index contributed by atoms with van der Waals surface area (Å²) in [6.45, 7) is 2.25. The van der Waals surface area contributed by atoms with Crippen LogP contribution in [0.1, 0.15) is 102 Å². The van der Waals surface area contributed by atoms with Crippen LogP contribution in [0.25, 0.3) is 0 Å². The molecule has 0 amide bonds. The van der Waals surface area contributed by atoms with Gasteiger partial charge in [-0.2, -0.15) is 0 Å². The minimum absolute atomic E-state index is 0.198. The van der Waals surface area contributed by atoms with E-state index >= 15 is 0 Å². The summed E-state index contributed by atoms with van der Waals surface area (Å²) < 4.78 is 64.5. The van der Waals surface area contributed by atoms with Crippen molar-refractivity contribution in [2.45, 2.75) is 101 Å². The van der Waals surface area contributed by atoms with Gasteiger partial charge in [0, 0.05) is 0 Å². The van der Waals surface area contributed by atoms with Crippen molar-refractivity contribution < 1.29 is 19.4 Å². The molecular formula is C24H37F5S. The Balaban J connectivity index is 1.45. The Labute approximate surface area is 178 Å². The molecule has 3 rings (SSSR count). The fraction of sp³-hybridized carbons (Fsp3) is 0.750. The third kappa shape index (κ3) is 6.61. The average molecular weight is 453 g/mol. The molecule has 2 aliphatic rings. The van der Waals surface area contributed by atoms with Crippen LogP contribution in [0.5, 0.6) is 0 Å². The smallest absolute Gasteiger partial charge is 0.0936 e. The molecule has 2 saturated carbocycles. The lowest BCUT2D eigenvalue weighted by molar-refractivity contribution is 0.155. The van der Waals surface area contributed by atoms with Crippen LogP contribution in [0.15, 0.2) is 29.2 Å². The quantitative estimate of drug-likeness (QED) is 0.272. The molecule has 0 spiro atoms. The first-order chi connectivity index (χ1) is 14.0. The van der Waals surface area contributed by atoms with Crippen molar-refractivity contribution in [3.05, 3.63) is 29.8 Å². The topological polar surface area (TPSA) is 0 Å². The van der Waals surface area contributed by atoms with E-state index < -0.39 is 15.1 Å². The largest absolute Gasteiger partial charge is 0.310 e. The summed E-state index contributed by atoms with van der Waals surface area (Å²) in [5.74, 6) is 2.63. The molecule has 0 saturated heterocycles. The van der Waals surface area contributed by atoms with Gasteiger partial charge in [-0.25, -0.2) is 0 Å². The second-order valence-electron chi connectivity index (χ2n) is 9.78. The molecule has 0 heterocycles. The van der Waals surface area contributed by atoms with Crippen molar-refractivity contribution in [3.63, 3.8) is 0 Å². The average Bonchev–Trinajstić information content (AvgIpc) is 2.70. The van der Waals surface area contributed by atoms with Gasteiger partial charge in [-0.15, -0.1) is 0 Å². The molecule has 0 nitrogen and oxygen atoms in total. The Morgan fingerprint density at radius 3 is 1.73 bits per heavy atom. The molecule has 6 heteroatoms. The van der Waals surface area contributed by atoms with Gasteiger partial charge in [0.15, 0.2) is 0 Å². The summed E-state index contributed by atoms with van der Waals surface area (Å²) in [6, 6.07) is 3.68. The van der Waals surface area contributed by atoms with Crippen LogP contribution in [-0.4, -0.2) is 0 Å². The number of hydrogen-bond acceptors (Lipinski definition) is 0. The third-order valence-corrected chi connectivity index (χ3v) is 8.76. The molecule has 0 aliphatic heterocycles. The first-order valence-electron chi connectivity index (χ1n) is 11.8. The third-order valence-electron chi connectivity index (χ3n) is 7.59. The van der Waals surface area contributed by atoms with Gasteiger partial charge in [-0.1, -0.05) is 83.4 Å². The molecule has 0 unspecified atom stereocenters. The number of rotatable bonds is 8. The SMILES string of the molecule is CCCCCC[C@H]1CC[C@H](C2CCC(c3ccc(S(F)(F)(F)(F)F)cc3)CC2)CC1. The van der Waals surface area contributed by atoms with Crippen molar-refractivity contribution in [3.8, 4) is 0 Å². The predicted octanol–water partition coefficient (Wildman–Crippen LogP) is 10.4. The van der Waals surface area contributed by atoms with E-state index in [1.165, 1.54) is 69.9 Å². The molecule has 30 heavy (non-hydrogen) atoms. The Kier molecular flexibility index (Phi) is 6.87. The van der Waals surface area contributed by atoms with Crippen LogP contribution in [0.4, 0.5) is 19.4 Å². The van der Waals surface area contributed by atoms with Gasteiger partial charge in [-0.05, 0) is 79.9 Å². The maximum absolute atomic E-state index is 12.9. The molecule has 174 valence electrons. The molecule has 0 aromatic heterocycles. The Morgan fingerprint density at radius 1 is 0.700 bits per heavy atom. The number of hydrogen-bond donors (Lipinski definition) is 0. The van der Waals surface area contributed by atoms with Crippen LogP contribution in [-0.2, 0) is 0 Å². The first-order valence-corrected chi connectivity index (χ1v) is 13.8. The molecule has 0 atom stereocenters. The van der Waals surface area contributed by atoms with E-state index in [4.69, 9.17) is 0 Å². The highest BCUT2D eigenvalue weighted by atomic mass is 32.5. The Morgan fingerprint density at radius 2 is 1.23 bits per heavy atom. The lowest BCUT2D eigenvalue weighted by atomic mass is 9.68. The highest BCUT2D eigenvalue weighted by Gasteiger charge is 2.65. The lowest BCUT2D eigenvalue weighted by Crippen LogP contribution is -2.25. The number of unbranched alkanes of at least 4 members (excludes halogenated alkanes) is 3. The van der Waals surface area contributed by atoms with E-state index in [1.807, 2.05) is 0 Å². The van der Waals surface area contributed by atoms with Crippen LogP contribution < -0.4 is 0 Å². The summed E-state index contributed by atoms with van der Waals surface area (Å²) >= 11 is 0. The predicted molar refractivity (Wildman–Crippen MR) is 117 cm³/mol. The minimum Gasteiger partial charge on any atom is -0.0936 e. The molecule has 1 aromatic carbocycles. The van der Waals surface area contributed by atoms with Crippen LogP contribution >= 0.6 is 10.2 Å². The van der Waals surface area contributed by atoms with Crippen molar-refractivity contribution >= 4 is 10.2 Å². The number of halogens is 5. The van der Waals surface area contributed by atoms with E-state index in [2.05, 4.69) is 6.92 Å². The first kappa shape index (κ1) is 23.9. The molecular weight excluding hydrogens is 415 g/mol. The van der Waals surface area contributed by atoms with Gasteiger partial charge in [0.2, 0.25) is 0 Å². The maximum Gasteiger partial charge on any atom is 0.310 e. The van der Waals surface area contributed by atoms with Gasteiger partial charge in [0.1, 0.15) is 4.90 Å². The standard InChI is InChI=1S/C24H37F5S/c1-2-3-4-5-6-19-7-9-20(10-8-19)21-11-13-22(14-12-21)23-15-17-24(18-16-23)30(25,26,27,28)29/h15-22H,2-14H2,1H3/t19-,20-,21?,22?. The Hall–Kier alpha value is -0.780. The summed E-state index contributed by atoms with van der Waals surface area (Å²) in [6.07, 6.45) is 16.2. The normalized spacial score (nSPS) is 30.5. The fourth-order valence-corrected chi connectivity index (χ4v) is 6.38. The molecule has 0 N–H and O–H groups in total. The molecule has 2 fully saturated rings. The molecule has 0 bridgehead atoms. The monoisotopic (exact) mass is 452 g/mol. The van der Waals surface area contributed by atoms with Gasteiger partial charge in [0.25, 0.3) is 0 Å². The van der Waals surface area contributed by atoms with E-state index in [0.717, 1.165) is 49.0 Å². The van der Waals surface area contributed by atoms with Gasteiger partial charge >= 0.3 is 10.2 Å². The summed E-state index contributed by atoms with van der Waals surface area (Å²) in [5, 5.41) is 0. The van der Waals surface area contributed by atoms with Crippen molar-refractivity contribution in [2.75, 3.05) is 0 Å². The number of benzene rings is 1. The summed E-state index contributed by atoms with van der Waals surface area (Å²) in [4.78, 5) is -1.78. The zero-order valence-electron chi connectivity index (χ0n) is 18.1. The fourth-order valence-electron chi connectivity index (χ4n) is 5.73. The highest BCUT2D eigenvalue weighted by molar-refractivity contribution is 8.45. The van der Waals surface area contributed by atoms with Gasteiger partial charge in [-0.3, -0.25) is 0 Å². The maximum atomic E-state index is 12.9. The Bertz CT molecular complexity index is 666. The minimum atomic E-state index is -9.57. The van der Waals surface area contributed by atoms with E-state index in [-0.39, 0.29) is 5.92 Å². The van der Waals surface area contributed by atoms with Crippen LogP contribution in [0.2, 0.25) is 0 Å². The summed E-state index contributed by atoms with van der Waals surface area (Å²) in [5.41, 5.74) is 0.773. The summed E-state index contributed by atoms with van der Waals surface area (Å²) in [7, 11) is -9.57. The van der Waals surface area contributed by atoms with Crippen LogP contribution in [0, 0.1) is 17.8 Å². The van der Waals surface area contributed by atoms with E-state index in [1.54, 1.807) is 0 Å². The van der Waals surface area contributed by atoms with Crippen LogP contribution in [0.3, 0.4) is 0 Å². The zero-order chi connectivity index (χ0) is 21.9. The van der Waals surface area contributed by atoms with Gasteiger partial charge in [0.05, 0.1) is 0 Å². The van der Waals surface area contributed by atoms with Crippen molar-refractivity contribution in [1.29, 1.82) is 0 Å². The van der Waals surface area contributed by atoms with E-state index in [0.29, 0.717) is 12.1 Å². The highest BCUT2D eigenvalue weighted by Crippen LogP contribution is 3.02. The van der Waals surface area contributed by atoms with Gasteiger partial charge < -0.3 is 0 Å². The van der Waals surface area contributed by atoms with Crippen molar-refractivity contribution in [2.24, 2.45) is 17.8 Å². The molecule has 2 aliphatic carbocycles. The van der Waals surface area contributed by atoms with Crippen molar-refractivity contribution in [1.82, 2.24) is 0 Å². The van der Waals surface area contributed by atoms with E-state index in [9.17, 15) is 19.4 Å². The molecule has 1 aromatic rings. The molecule has 0 radical (unpaired) electrons. The lowest BCUT2D eigenvalue weighted by Gasteiger charge is -2.41. The zero-order valence-corrected chi connectivity index (χ0v) is 18.9. The second-order valence-corrected chi connectivity index (χ2v) is 12.2. The second kappa shape index (κ2) is 8.63.